The highest BCUT2D eigenvalue weighted by Gasteiger charge is 2.06. The van der Waals surface area contributed by atoms with Crippen molar-refractivity contribution in [2.24, 2.45) is 0 Å². The van der Waals surface area contributed by atoms with E-state index in [2.05, 4.69) is 15.5 Å². The zero-order chi connectivity index (χ0) is 16.8. The van der Waals surface area contributed by atoms with Crippen LogP contribution in [0.1, 0.15) is 5.56 Å². The Bertz CT molecular complexity index is 850. The highest BCUT2D eigenvalue weighted by molar-refractivity contribution is 5.91. The fraction of sp³-hybridized carbons (Fsp3) is 0.0588. The van der Waals surface area contributed by atoms with Gasteiger partial charge in [0.15, 0.2) is 6.61 Å². The third kappa shape index (κ3) is 3.75. The van der Waals surface area contributed by atoms with Crippen LogP contribution in [0, 0.1) is 11.3 Å². The van der Waals surface area contributed by atoms with Crippen molar-refractivity contribution >= 4 is 11.6 Å². The summed E-state index contributed by atoms with van der Waals surface area (Å²) in [5, 5.41) is 18.8. The van der Waals surface area contributed by atoms with Crippen molar-refractivity contribution in [3.8, 4) is 23.3 Å². The van der Waals surface area contributed by atoms with Gasteiger partial charge in [-0.15, -0.1) is 10.2 Å². The van der Waals surface area contributed by atoms with E-state index in [1.807, 2.05) is 6.07 Å². The SMILES string of the molecule is N#Cc1ccc(NC(=O)COc2ccc(-c3nnco3)cc2)cc1. The normalized spacial score (nSPS) is 9.96. The number of benzene rings is 2. The van der Waals surface area contributed by atoms with Gasteiger partial charge in [0.1, 0.15) is 5.75 Å². The number of hydrogen-bond acceptors (Lipinski definition) is 6. The lowest BCUT2D eigenvalue weighted by molar-refractivity contribution is -0.118. The third-order valence-electron chi connectivity index (χ3n) is 3.13. The van der Waals surface area contributed by atoms with Crippen molar-refractivity contribution in [3.63, 3.8) is 0 Å². The first kappa shape index (κ1) is 15.2. The summed E-state index contributed by atoms with van der Waals surface area (Å²) in [5.41, 5.74) is 1.90. The monoisotopic (exact) mass is 320 g/mol. The number of rotatable bonds is 5. The van der Waals surface area contributed by atoms with Gasteiger partial charge >= 0.3 is 0 Å². The molecule has 3 rings (SSSR count). The van der Waals surface area contributed by atoms with Crippen LogP contribution in [-0.2, 0) is 4.79 Å². The minimum Gasteiger partial charge on any atom is -0.484 e. The number of ether oxygens (including phenoxy) is 1. The first-order chi connectivity index (χ1) is 11.7. The van der Waals surface area contributed by atoms with Gasteiger partial charge in [0.2, 0.25) is 12.3 Å². The third-order valence-corrected chi connectivity index (χ3v) is 3.13. The summed E-state index contributed by atoms with van der Waals surface area (Å²) in [7, 11) is 0. The summed E-state index contributed by atoms with van der Waals surface area (Å²) < 4.78 is 10.5. The minimum atomic E-state index is -0.291. The smallest absolute Gasteiger partial charge is 0.262 e. The standard InChI is InChI=1S/C17H12N4O3/c18-9-12-1-5-14(6-2-12)20-16(22)10-23-15-7-3-13(4-8-15)17-21-19-11-24-17/h1-8,11H,10H2,(H,20,22). The molecule has 24 heavy (non-hydrogen) atoms. The second kappa shape index (κ2) is 7.07. The Labute approximate surface area is 137 Å². The quantitative estimate of drug-likeness (QED) is 0.775. The van der Waals surface area contributed by atoms with E-state index >= 15 is 0 Å². The Morgan fingerprint density at radius 3 is 2.54 bits per heavy atom. The van der Waals surface area contributed by atoms with E-state index in [1.54, 1.807) is 48.5 Å². The minimum absolute atomic E-state index is 0.125. The summed E-state index contributed by atoms with van der Waals surface area (Å²) in [4.78, 5) is 11.9. The molecule has 1 N–H and O–H groups in total. The Kier molecular flexibility index (Phi) is 4.49. The molecule has 0 aliphatic rings. The van der Waals surface area contributed by atoms with E-state index in [1.165, 1.54) is 6.39 Å². The van der Waals surface area contributed by atoms with Gasteiger partial charge in [0, 0.05) is 11.3 Å². The topological polar surface area (TPSA) is 101 Å². The Balaban J connectivity index is 1.53. The first-order valence-electron chi connectivity index (χ1n) is 7.04. The number of amides is 1. The van der Waals surface area contributed by atoms with Crippen LogP contribution in [0.4, 0.5) is 5.69 Å². The van der Waals surface area contributed by atoms with Crippen LogP contribution >= 0.6 is 0 Å². The van der Waals surface area contributed by atoms with E-state index < -0.39 is 0 Å². The summed E-state index contributed by atoms with van der Waals surface area (Å²) in [6.45, 7) is -0.125. The molecule has 0 atom stereocenters. The number of hydrogen-bond donors (Lipinski definition) is 1. The zero-order valence-corrected chi connectivity index (χ0v) is 12.5. The van der Waals surface area contributed by atoms with Crippen molar-refractivity contribution in [1.82, 2.24) is 10.2 Å². The Morgan fingerprint density at radius 2 is 1.92 bits per heavy atom. The maximum absolute atomic E-state index is 11.9. The van der Waals surface area contributed by atoms with Gasteiger partial charge in [-0.2, -0.15) is 5.26 Å². The molecule has 0 radical (unpaired) electrons. The molecule has 1 aromatic heterocycles. The van der Waals surface area contributed by atoms with Crippen LogP contribution in [0.2, 0.25) is 0 Å². The maximum atomic E-state index is 11.9. The van der Waals surface area contributed by atoms with Crippen LogP contribution in [0.25, 0.3) is 11.5 Å². The molecule has 0 saturated carbocycles. The number of nitriles is 1. The summed E-state index contributed by atoms with van der Waals surface area (Å²) >= 11 is 0. The fourth-order valence-corrected chi connectivity index (χ4v) is 1.97. The first-order valence-corrected chi connectivity index (χ1v) is 7.04. The van der Waals surface area contributed by atoms with Crippen LogP contribution in [0.15, 0.2) is 59.3 Å². The molecule has 118 valence electrons. The molecule has 0 unspecified atom stereocenters. The average molecular weight is 320 g/mol. The van der Waals surface area contributed by atoms with Crippen molar-refractivity contribution in [1.29, 1.82) is 5.26 Å². The molecule has 1 amide bonds. The molecule has 2 aromatic carbocycles. The van der Waals surface area contributed by atoms with E-state index in [0.717, 1.165) is 5.56 Å². The van der Waals surface area contributed by atoms with Crippen LogP contribution in [-0.4, -0.2) is 22.7 Å². The molecule has 1 heterocycles. The predicted molar refractivity (Wildman–Crippen MR) is 85.0 cm³/mol. The van der Waals surface area contributed by atoms with Gasteiger partial charge in [0.25, 0.3) is 5.91 Å². The molecule has 0 saturated heterocycles. The van der Waals surface area contributed by atoms with E-state index in [4.69, 9.17) is 14.4 Å². The zero-order valence-electron chi connectivity index (χ0n) is 12.5. The van der Waals surface area contributed by atoms with Crippen LogP contribution in [0.5, 0.6) is 5.75 Å². The molecule has 0 aliphatic carbocycles. The number of nitrogens with one attached hydrogen (secondary N) is 1. The van der Waals surface area contributed by atoms with Gasteiger partial charge in [0.05, 0.1) is 11.6 Å². The van der Waals surface area contributed by atoms with E-state index in [9.17, 15) is 4.79 Å². The molecule has 7 heteroatoms. The average Bonchev–Trinajstić information content (AvgIpc) is 3.16. The number of nitrogens with zero attached hydrogens (tertiary/aromatic N) is 3. The molecular weight excluding hydrogens is 308 g/mol. The van der Waals surface area contributed by atoms with Gasteiger partial charge in [-0.05, 0) is 48.5 Å². The van der Waals surface area contributed by atoms with Crippen LogP contribution in [0.3, 0.4) is 0 Å². The summed E-state index contributed by atoms with van der Waals surface area (Å²) in [6.07, 6.45) is 1.26. The number of carbonyl (C=O) groups is 1. The number of anilines is 1. The molecule has 3 aromatic rings. The highest BCUT2D eigenvalue weighted by Crippen LogP contribution is 2.20. The molecule has 0 spiro atoms. The Morgan fingerprint density at radius 1 is 1.17 bits per heavy atom. The number of aromatic nitrogens is 2. The second-order valence-corrected chi connectivity index (χ2v) is 4.79. The van der Waals surface area contributed by atoms with Crippen LogP contribution < -0.4 is 10.1 Å². The molecule has 7 nitrogen and oxygen atoms in total. The number of carbonyl (C=O) groups excluding carboxylic acids is 1. The van der Waals surface area contributed by atoms with Crippen molar-refractivity contribution in [3.05, 3.63) is 60.5 Å². The fourth-order valence-electron chi connectivity index (χ4n) is 1.97. The highest BCUT2D eigenvalue weighted by atomic mass is 16.5. The second-order valence-electron chi connectivity index (χ2n) is 4.79. The van der Waals surface area contributed by atoms with Gasteiger partial charge < -0.3 is 14.5 Å². The lowest BCUT2D eigenvalue weighted by Crippen LogP contribution is -2.20. The lowest BCUT2D eigenvalue weighted by atomic mass is 10.2. The van der Waals surface area contributed by atoms with Gasteiger partial charge in [-0.3, -0.25) is 4.79 Å². The van der Waals surface area contributed by atoms with Crippen molar-refractivity contribution < 1.29 is 13.9 Å². The molecular formula is C17H12N4O3. The van der Waals surface area contributed by atoms with Crippen molar-refractivity contribution in [2.75, 3.05) is 11.9 Å². The van der Waals surface area contributed by atoms with Crippen molar-refractivity contribution in [2.45, 2.75) is 0 Å². The molecule has 0 aliphatic heterocycles. The largest absolute Gasteiger partial charge is 0.484 e. The van der Waals surface area contributed by atoms with Gasteiger partial charge in [-0.1, -0.05) is 0 Å². The Hall–Kier alpha value is -3.66. The summed E-state index contributed by atoms with van der Waals surface area (Å²) in [5.74, 6) is 0.675. The van der Waals surface area contributed by atoms with Gasteiger partial charge in [-0.25, -0.2) is 0 Å². The molecule has 0 fully saturated rings. The lowest BCUT2D eigenvalue weighted by Gasteiger charge is -2.08. The summed E-state index contributed by atoms with van der Waals surface area (Å²) in [6, 6.07) is 15.6. The van der Waals surface area contributed by atoms with E-state index in [0.29, 0.717) is 22.9 Å². The molecule has 0 bridgehead atoms. The van der Waals surface area contributed by atoms with E-state index in [-0.39, 0.29) is 12.5 Å². The predicted octanol–water partition coefficient (Wildman–Crippen LogP) is 2.63. The maximum Gasteiger partial charge on any atom is 0.262 e.